The van der Waals surface area contributed by atoms with Crippen LogP contribution in [0.3, 0.4) is 0 Å². The third-order valence-electron chi connectivity index (χ3n) is 4.09. The number of nitrogens with one attached hydrogen (secondary N) is 1. The molecule has 0 aliphatic carbocycles. The van der Waals surface area contributed by atoms with Crippen LogP contribution in [0.25, 0.3) is 0 Å². The Kier molecular flexibility index (Phi) is 8.05. The van der Waals surface area contributed by atoms with Gasteiger partial charge in [-0.15, -0.1) is 0 Å². The van der Waals surface area contributed by atoms with Crippen LogP contribution in [0.4, 0.5) is 5.69 Å². The number of benzene rings is 3. The van der Waals surface area contributed by atoms with Crippen LogP contribution in [0.1, 0.15) is 11.1 Å². The SMILES string of the molecule is COc1cc(CNc2ccc(Cl)c(Cl)c2)cc(I)c1OCc1ccc(Cl)cc1Cl. The largest absolute Gasteiger partial charge is 0.493 e. The van der Waals surface area contributed by atoms with E-state index in [-0.39, 0.29) is 0 Å². The van der Waals surface area contributed by atoms with Crippen LogP contribution in [-0.2, 0) is 13.2 Å². The molecule has 1 N–H and O–H groups in total. The highest BCUT2D eigenvalue weighted by Gasteiger charge is 2.13. The lowest BCUT2D eigenvalue weighted by atomic mass is 10.2. The summed E-state index contributed by atoms with van der Waals surface area (Å²) in [6.45, 7) is 0.900. The van der Waals surface area contributed by atoms with Crippen molar-refractivity contribution in [2.45, 2.75) is 13.2 Å². The molecule has 3 nitrogen and oxygen atoms in total. The minimum absolute atomic E-state index is 0.309. The fourth-order valence-corrected chi connectivity index (χ4v) is 4.20. The lowest BCUT2D eigenvalue weighted by molar-refractivity contribution is 0.282. The fraction of sp³-hybridized carbons (Fsp3) is 0.143. The smallest absolute Gasteiger partial charge is 0.174 e. The Morgan fingerprint density at radius 3 is 2.38 bits per heavy atom. The number of rotatable bonds is 7. The molecule has 0 heterocycles. The average Bonchev–Trinajstić information content (AvgIpc) is 2.69. The van der Waals surface area contributed by atoms with Crippen LogP contribution >= 0.6 is 69.0 Å². The highest BCUT2D eigenvalue weighted by Crippen LogP contribution is 2.35. The van der Waals surface area contributed by atoms with Crippen LogP contribution < -0.4 is 14.8 Å². The Hall–Kier alpha value is -1.05. The molecule has 152 valence electrons. The molecule has 0 bridgehead atoms. The molecule has 8 heteroatoms. The Balaban J connectivity index is 1.73. The zero-order chi connectivity index (χ0) is 21.0. The van der Waals surface area contributed by atoms with Gasteiger partial charge in [0, 0.05) is 27.8 Å². The van der Waals surface area contributed by atoms with E-state index in [0.29, 0.717) is 44.7 Å². The molecule has 0 radical (unpaired) electrons. The van der Waals surface area contributed by atoms with E-state index >= 15 is 0 Å². The fourth-order valence-electron chi connectivity index (χ4n) is 2.61. The Morgan fingerprint density at radius 1 is 0.897 bits per heavy atom. The first-order valence-corrected chi connectivity index (χ1v) is 11.1. The maximum Gasteiger partial charge on any atom is 0.174 e. The van der Waals surface area contributed by atoms with E-state index in [1.54, 1.807) is 31.4 Å². The third kappa shape index (κ3) is 5.98. The molecule has 3 rings (SSSR count). The van der Waals surface area contributed by atoms with Crippen LogP contribution in [0.2, 0.25) is 20.1 Å². The molecule has 0 amide bonds. The Labute approximate surface area is 203 Å². The molecular formula is C21H16Cl4INO2. The zero-order valence-corrected chi connectivity index (χ0v) is 20.4. The molecule has 0 atom stereocenters. The molecule has 29 heavy (non-hydrogen) atoms. The van der Waals surface area contributed by atoms with Crippen LogP contribution in [0.5, 0.6) is 11.5 Å². The van der Waals surface area contributed by atoms with Gasteiger partial charge in [0.15, 0.2) is 11.5 Å². The second-order valence-corrected chi connectivity index (χ2v) is 8.94. The first kappa shape index (κ1) is 22.6. The van der Waals surface area contributed by atoms with Crippen molar-refractivity contribution < 1.29 is 9.47 Å². The van der Waals surface area contributed by atoms with Gasteiger partial charge in [-0.25, -0.2) is 0 Å². The van der Waals surface area contributed by atoms with Crippen molar-refractivity contribution in [2.75, 3.05) is 12.4 Å². The molecule has 0 fully saturated rings. The first-order chi connectivity index (χ1) is 13.9. The molecule has 3 aromatic rings. The normalized spacial score (nSPS) is 10.7. The quantitative estimate of drug-likeness (QED) is 0.286. The van der Waals surface area contributed by atoms with E-state index < -0.39 is 0 Å². The van der Waals surface area contributed by atoms with Gasteiger partial charge in [0.25, 0.3) is 0 Å². The summed E-state index contributed by atoms with van der Waals surface area (Å²) in [5, 5.41) is 5.51. The lowest BCUT2D eigenvalue weighted by Crippen LogP contribution is -2.04. The monoisotopic (exact) mass is 581 g/mol. The van der Waals surface area contributed by atoms with Crippen molar-refractivity contribution in [3.05, 3.63) is 83.3 Å². The molecule has 0 unspecified atom stereocenters. The molecule has 0 saturated carbocycles. The number of hydrogen-bond acceptors (Lipinski definition) is 3. The van der Waals surface area contributed by atoms with Gasteiger partial charge in [0.1, 0.15) is 6.61 Å². The van der Waals surface area contributed by atoms with Gasteiger partial charge in [-0.2, -0.15) is 0 Å². The van der Waals surface area contributed by atoms with Crippen LogP contribution in [0.15, 0.2) is 48.5 Å². The van der Waals surface area contributed by atoms with Crippen molar-refractivity contribution in [1.29, 1.82) is 0 Å². The van der Waals surface area contributed by atoms with E-state index in [9.17, 15) is 0 Å². The van der Waals surface area contributed by atoms with Gasteiger partial charge < -0.3 is 14.8 Å². The van der Waals surface area contributed by atoms with E-state index in [0.717, 1.165) is 20.4 Å². The van der Waals surface area contributed by atoms with Crippen LogP contribution in [-0.4, -0.2) is 7.11 Å². The number of methoxy groups -OCH3 is 1. The van der Waals surface area contributed by atoms with E-state index in [1.807, 2.05) is 24.3 Å². The van der Waals surface area contributed by atoms with E-state index in [4.69, 9.17) is 55.9 Å². The second-order valence-electron chi connectivity index (χ2n) is 6.12. The van der Waals surface area contributed by atoms with Gasteiger partial charge in [-0.05, 0) is 70.6 Å². The molecule has 0 saturated heterocycles. The highest BCUT2D eigenvalue weighted by atomic mass is 127. The molecule has 0 aliphatic rings. The number of anilines is 1. The van der Waals surface area contributed by atoms with Gasteiger partial charge in [-0.1, -0.05) is 52.5 Å². The first-order valence-electron chi connectivity index (χ1n) is 8.49. The van der Waals surface area contributed by atoms with Gasteiger partial charge in [0.2, 0.25) is 0 Å². The maximum atomic E-state index is 6.23. The summed E-state index contributed by atoms with van der Waals surface area (Å²) in [6, 6.07) is 14.7. The van der Waals surface area contributed by atoms with Crippen molar-refractivity contribution in [1.82, 2.24) is 0 Å². The molecule has 0 aromatic heterocycles. The summed E-state index contributed by atoms with van der Waals surface area (Å²) < 4.78 is 12.5. The number of halogens is 5. The minimum Gasteiger partial charge on any atom is -0.493 e. The van der Waals surface area contributed by atoms with E-state index in [2.05, 4.69) is 27.9 Å². The zero-order valence-electron chi connectivity index (χ0n) is 15.2. The topological polar surface area (TPSA) is 30.5 Å². The minimum atomic E-state index is 0.309. The second kappa shape index (κ2) is 10.3. The van der Waals surface area contributed by atoms with Crippen molar-refractivity contribution >= 4 is 74.7 Å². The summed E-state index contributed by atoms with van der Waals surface area (Å²) >= 11 is 26.4. The Morgan fingerprint density at radius 2 is 1.69 bits per heavy atom. The lowest BCUT2D eigenvalue weighted by Gasteiger charge is -2.16. The van der Waals surface area contributed by atoms with Gasteiger partial charge in [0.05, 0.1) is 20.7 Å². The summed E-state index contributed by atoms with van der Waals surface area (Å²) in [4.78, 5) is 0. The summed E-state index contributed by atoms with van der Waals surface area (Å²) in [6.07, 6.45) is 0. The average molecular weight is 583 g/mol. The number of hydrogen-bond donors (Lipinski definition) is 1. The predicted octanol–water partition coefficient (Wildman–Crippen LogP) is 8.10. The standard InChI is InChI=1S/C21H16Cl4INO2/c1-28-20-7-12(10-27-15-4-5-16(23)18(25)9-15)6-19(26)21(20)29-11-13-2-3-14(22)8-17(13)24/h2-9,27H,10-11H2,1H3. The number of ether oxygens (including phenoxy) is 2. The van der Waals surface area contributed by atoms with Crippen molar-refractivity contribution in [2.24, 2.45) is 0 Å². The molecular weight excluding hydrogens is 567 g/mol. The Bertz CT molecular complexity index is 1030. The summed E-state index contributed by atoms with van der Waals surface area (Å²) in [5.74, 6) is 1.31. The van der Waals surface area contributed by atoms with Crippen molar-refractivity contribution in [3.8, 4) is 11.5 Å². The molecule has 3 aromatic carbocycles. The predicted molar refractivity (Wildman–Crippen MR) is 130 cm³/mol. The van der Waals surface area contributed by atoms with Gasteiger partial charge >= 0.3 is 0 Å². The molecule has 0 spiro atoms. The van der Waals surface area contributed by atoms with Crippen LogP contribution in [0, 0.1) is 3.57 Å². The third-order valence-corrected chi connectivity index (χ3v) is 6.22. The van der Waals surface area contributed by atoms with Gasteiger partial charge in [-0.3, -0.25) is 0 Å². The van der Waals surface area contributed by atoms with E-state index in [1.165, 1.54) is 0 Å². The summed E-state index contributed by atoms with van der Waals surface area (Å²) in [7, 11) is 1.61. The summed E-state index contributed by atoms with van der Waals surface area (Å²) in [5.41, 5.74) is 2.76. The maximum absolute atomic E-state index is 6.23. The van der Waals surface area contributed by atoms with Crippen molar-refractivity contribution in [3.63, 3.8) is 0 Å². The molecule has 0 aliphatic heterocycles. The highest BCUT2D eigenvalue weighted by molar-refractivity contribution is 14.1.